The summed E-state index contributed by atoms with van der Waals surface area (Å²) in [6.45, 7) is 6.20. The first-order chi connectivity index (χ1) is 12.1. The van der Waals surface area contributed by atoms with E-state index in [1.165, 1.54) is 38.9 Å². The van der Waals surface area contributed by atoms with Crippen molar-refractivity contribution >= 4 is 17.9 Å². The van der Waals surface area contributed by atoms with Gasteiger partial charge in [0, 0.05) is 36.5 Å². The van der Waals surface area contributed by atoms with E-state index in [1.807, 2.05) is 12.3 Å². The molecule has 1 aliphatic carbocycles. The van der Waals surface area contributed by atoms with Crippen LogP contribution in [0.4, 0.5) is 5.82 Å². The summed E-state index contributed by atoms with van der Waals surface area (Å²) in [7, 11) is 0. The summed E-state index contributed by atoms with van der Waals surface area (Å²) < 4.78 is 0. The minimum atomic E-state index is 0.420. The molecule has 1 aromatic rings. The lowest BCUT2D eigenvalue weighted by Crippen LogP contribution is -2.35. The highest BCUT2D eigenvalue weighted by Gasteiger charge is 2.30. The van der Waals surface area contributed by atoms with Gasteiger partial charge in [-0.15, -0.1) is 0 Å². The van der Waals surface area contributed by atoms with Gasteiger partial charge < -0.3 is 15.6 Å². The molecule has 1 atom stereocenters. The minimum Gasteiger partial charge on any atom is -0.400 e. The van der Waals surface area contributed by atoms with Crippen LogP contribution in [0.2, 0.25) is 0 Å². The molecule has 1 aromatic heterocycles. The summed E-state index contributed by atoms with van der Waals surface area (Å²) in [6, 6.07) is 2.01. The Balaban J connectivity index is 1.41. The van der Waals surface area contributed by atoms with Crippen LogP contribution in [-0.2, 0) is 0 Å². The second kappa shape index (κ2) is 6.84. The summed E-state index contributed by atoms with van der Waals surface area (Å²) in [5.74, 6) is 9.09. The zero-order valence-corrected chi connectivity index (χ0v) is 15.1. The molecule has 0 radical (unpaired) electrons. The largest absolute Gasteiger partial charge is 0.400 e. The van der Waals surface area contributed by atoms with Gasteiger partial charge in [-0.25, -0.2) is 10.8 Å². The topological polar surface area (TPSA) is 86.7 Å². The van der Waals surface area contributed by atoms with Crippen LogP contribution < -0.4 is 11.6 Å². The summed E-state index contributed by atoms with van der Waals surface area (Å²) in [5.41, 5.74) is 9.44. The fraction of sp³-hybridized carbons (Fsp3) is 0.632. The minimum absolute atomic E-state index is 0.420. The van der Waals surface area contributed by atoms with Crippen molar-refractivity contribution in [3.8, 4) is 0 Å². The lowest BCUT2D eigenvalue weighted by Gasteiger charge is -2.33. The molecule has 3 aliphatic rings. The Morgan fingerprint density at radius 3 is 2.80 bits per heavy atom. The number of aliphatic imine (C=N–C) groups is 1. The number of allylic oxidation sites excluding steroid dienone is 1. The Kier molecular flexibility index (Phi) is 4.56. The smallest absolute Gasteiger partial charge is 0.141 e. The van der Waals surface area contributed by atoms with E-state index in [1.54, 1.807) is 11.3 Å². The molecule has 5 N–H and O–H groups in total. The third-order valence-electron chi connectivity index (χ3n) is 6.13. The lowest BCUT2D eigenvalue weighted by molar-refractivity contribution is 0.210. The van der Waals surface area contributed by atoms with Crippen molar-refractivity contribution in [1.82, 2.24) is 14.9 Å². The molecule has 2 fully saturated rings. The Labute approximate surface area is 149 Å². The first-order valence-electron chi connectivity index (χ1n) is 9.59. The lowest BCUT2D eigenvalue weighted by atomic mass is 9.79. The molecule has 0 bridgehead atoms. The average Bonchev–Trinajstić information content (AvgIpc) is 3.24. The summed E-state index contributed by atoms with van der Waals surface area (Å²) >= 11 is 0. The van der Waals surface area contributed by atoms with Crippen molar-refractivity contribution in [3.05, 3.63) is 23.5 Å². The number of aromatic nitrogens is 1. The fourth-order valence-corrected chi connectivity index (χ4v) is 4.69. The fourth-order valence-electron chi connectivity index (χ4n) is 4.69. The molecule has 4 rings (SSSR count). The molecule has 0 amide bonds. The molecule has 3 heterocycles. The van der Waals surface area contributed by atoms with Crippen LogP contribution in [0.1, 0.15) is 44.6 Å². The zero-order valence-electron chi connectivity index (χ0n) is 15.1. The molecule has 6 heteroatoms. The third kappa shape index (κ3) is 3.33. The van der Waals surface area contributed by atoms with Gasteiger partial charge in [-0.1, -0.05) is 6.92 Å². The van der Waals surface area contributed by atoms with E-state index in [0.29, 0.717) is 5.92 Å². The van der Waals surface area contributed by atoms with Gasteiger partial charge in [0.25, 0.3) is 0 Å². The van der Waals surface area contributed by atoms with Gasteiger partial charge in [0.05, 0.1) is 5.70 Å². The monoisotopic (exact) mass is 342 g/mol. The van der Waals surface area contributed by atoms with Crippen LogP contribution in [0.5, 0.6) is 0 Å². The van der Waals surface area contributed by atoms with Crippen molar-refractivity contribution in [2.24, 2.45) is 34.3 Å². The number of hydrogen-bond donors (Lipinski definition) is 3. The van der Waals surface area contributed by atoms with E-state index in [4.69, 9.17) is 11.6 Å². The quantitative estimate of drug-likeness (QED) is 0.737. The second-order valence-electron chi connectivity index (χ2n) is 8.07. The first-order valence-corrected chi connectivity index (χ1v) is 9.59. The van der Waals surface area contributed by atoms with Gasteiger partial charge in [-0.3, -0.25) is 5.01 Å². The molecule has 25 heavy (non-hydrogen) atoms. The molecule has 0 aromatic carbocycles. The normalized spacial score (nSPS) is 32.1. The van der Waals surface area contributed by atoms with Crippen LogP contribution in [0.3, 0.4) is 0 Å². The molecule has 1 saturated heterocycles. The summed E-state index contributed by atoms with van der Waals surface area (Å²) in [4.78, 5) is 10.1. The number of hydrogen-bond acceptors (Lipinski definition) is 5. The number of likely N-dealkylation sites (tertiary alicyclic amines) is 1. The van der Waals surface area contributed by atoms with Crippen LogP contribution in [0.15, 0.2) is 23.0 Å². The molecule has 1 unspecified atom stereocenters. The van der Waals surface area contributed by atoms with Gasteiger partial charge in [0.15, 0.2) is 0 Å². The SMILES string of the molecule is CC1CCN(CC2CCC(/C(N)=C3\c4cc[nH]c4N=CN3N)CC2)C1. The number of nitrogens with one attached hydrogen (secondary N) is 1. The van der Waals surface area contributed by atoms with Crippen LogP contribution in [-0.4, -0.2) is 40.9 Å². The standard InChI is InChI=1S/C19H30N6/c1-13-7-9-24(10-13)11-14-2-4-15(5-3-14)17(20)18-16-6-8-22-19(16)23-12-25(18)21/h6,8,12-15,22H,2-5,7,9-11,20-21H2,1H3/b18-17-. The Hall–Kier alpha value is -1.79. The summed E-state index contributed by atoms with van der Waals surface area (Å²) in [5, 5.41) is 1.57. The van der Waals surface area contributed by atoms with Crippen LogP contribution in [0.25, 0.3) is 5.70 Å². The highest BCUT2D eigenvalue weighted by Crippen LogP contribution is 2.38. The second-order valence-corrected chi connectivity index (χ2v) is 8.07. The Morgan fingerprint density at radius 2 is 2.08 bits per heavy atom. The van der Waals surface area contributed by atoms with E-state index in [9.17, 15) is 0 Å². The van der Waals surface area contributed by atoms with Gasteiger partial charge in [-0.05, 0) is 56.6 Å². The van der Waals surface area contributed by atoms with E-state index in [-0.39, 0.29) is 0 Å². The number of rotatable bonds is 3. The van der Waals surface area contributed by atoms with Crippen LogP contribution >= 0.6 is 0 Å². The van der Waals surface area contributed by atoms with Gasteiger partial charge in [-0.2, -0.15) is 0 Å². The van der Waals surface area contributed by atoms with Crippen LogP contribution in [0, 0.1) is 17.8 Å². The van der Waals surface area contributed by atoms with E-state index < -0.39 is 0 Å². The van der Waals surface area contributed by atoms with Crippen molar-refractivity contribution in [2.45, 2.75) is 39.0 Å². The third-order valence-corrected chi connectivity index (χ3v) is 6.13. The van der Waals surface area contributed by atoms with Gasteiger partial charge in [0.2, 0.25) is 0 Å². The number of H-pyrrole nitrogens is 1. The Bertz CT molecular complexity index is 667. The van der Waals surface area contributed by atoms with Crippen molar-refractivity contribution in [1.29, 1.82) is 0 Å². The van der Waals surface area contributed by atoms with E-state index >= 15 is 0 Å². The van der Waals surface area contributed by atoms with E-state index in [2.05, 4.69) is 21.8 Å². The predicted octanol–water partition coefficient (Wildman–Crippen LogP) is 2.64. The maximum absolute atomic E-state index is 6.59. The van der Waals surface area contributed by atoms with Crippen molar-refractivity contribution in [3.63, 3.8) is 0 Å². The molecule has 0 spiro atoms. The maximum Gasteiger partial charge on any atom is 0.141 e. The average molecular weight is 342 g/mol. The first kappa shape index (κ1) is 16.7. The summed E-state index contributed by atoms with van der Waals surface area (Å²) in [6.07, 6.45) is 9.75. The molecule has 1 saturated carbocycles. The Morgan fingerprint density at radius 1 is 1.28 bits per heavy atom. The van der Waals surface area contributed by atoms with Gasteiger partial charge in [0.1, 0.15) is 12.2 Å². The molecule has 2 aliphatic heterocycles. The number of nitrogens with zero attached hydrogens (tertiary/aromatic N) is 3. The number of hydrazine groups is 1. The molecular weight excluding hydrogens is 312 g/mol. The highest BCUT2D eigenvalue weighted by atomic mass is 15.4. The molecular formula is C19H30N6. The molecule has 136 valence electrons. The molecule has 6 nitrogen and oxygen atoms in total. The number of nitrogens with two attached hydrogens (primary N) is 2. The van der Waals surface area contributed by atoms with Crippen molar-refractivity contribution in [2.75, 3.05) is 19.6 Å². The zero-order chi connectivity index (χ0) is 17.4. The van der Waals surface area contributed by atoms with Gasteiger partial charge >= 0.3 is 0 Å². The maximum atomic E-state index is 6.59. The number of aromatic amines is 1. The number of fused-ring (bicyclic) bond motifs is 1. The highest BCUT2D eigenvalue weighted by molar-refractivity contribution is 5.86. The van der Waals surface area contributed by atoms with Crippen molar-refractivity contribution < 1.29 is 0 Å². The van der Waals surface area contributed by atoms with E-state index in [0.717, 1.165) is 47.5 Å². The predicted molar refractivity (Wildman–Crippen MR) is 102 cm³/mol.